The van der Waals surface area contributed by atoms with Gasteiger partial charge in [-0.1, -0.05) is 13.0 Å². The van der Waals surface area contributed by atoms with Crippen LogP contribution in [-0.2, 0) is 10.3 Å². The first-order valence-corrected chi connectivity index (χ1v) is 5.53. The normalized spacial score (nSPS) is 14.4. The third kappa shape index (κ3) is 3.31. The lowest BCUT2D eigenvalue weighted by Crippen LogP contribution is -2.43. The molecule has 88 valence electrons. The second-order valence-electron chi connectivity index (χ2n) is 4.12. The second-order valence-corrected chi connectivity index (χ2v) is 4.12. The zero-order valence-electron chi connectivity index (χ0n) is 9.86. The molecule has 0 aliphatic carbocycles. The van der Waals surface area contributed by atoms with E-state index in [1.807, 2.05) is 25.1 Å². The number of primary amides is 1. The maximum Gasteiger partial charge on any atom is 0.219 e. The SMILES string of the molecule is CCCNC(C)(CC(N)=O)c1ccccn1. The molecule has 0 bridgehead atoms. The molecule has 1 rings (SSSR count). The first kappa shape index (κ1) is 12.6. The molecule has 1 heterocycles. The van der Waals surface area contributed by atoms with Crippen molar-refractivity contribution in [2.75, 3.05) is 6.54 Å². The van der Waals surface area contributed by atoms with Crippen molar-refractivity contribution in [1.29, 1.82) is 0 Å². The number of hydrogen-bond acceptors (Lipinski definition) is 3. The number of amides is 1. The molecule has 1 aromatic heterocycles. The highest BCUT2D eigenvalue weighted by Gasteiger charge is 2.28. The molecule has 0 aromatic carbocycles. The first-order valence-electron chi connectivity index (χ1n) is 5.53. The molecule has 3 N–H and O–H groups in total. The Morgan fingerprint density at radius 2 is 2.31 bits per heavy atom. The van der Waals surface area contributed by atoms with Crippen molar-refractivity contribution >= 4 is 5.91 Å². The van der Waals surface area contributed by atoms with Crippen LogP contribution in [0.25, 0.3) is 0 Å². The number of nitrogens with two attached hydrogens (primary N) is 1. The number of nitrogens with one attached hydrogen (secondary N) is 1. The molecular weight excluding hydrogens is 202 g/mol. The van der Waals surface area contributed by atoms with Crippen LogP contribution >= 0.6 is 0 Å². The van der Waals surface area contributed by atoms with Gasteiger partial charge in [0.05, 0.1) is 11.2 Å². The standard InChI is InChI=1S/C12H19N3O/c1-3-7-15-12(2,9-11(13)16)10-6-4-5-8-14-10/h4-6,8,15H,3,7,9H2,1-2H3,(H2,13,16). The monoisotopic (exact) mass is 221 g/mol. The van der Waals surface area contributed by atoms with Crippen molar-refractivity contribution in [3.63, 3.8) is 0 Å². The Morgan fingerprint density at radius 3 is 2.81 bits per heavy atom. The Kier molecular flexibility index (Phi) is 4.43. The highest BCUT2D eigenvalue weighted by molar-refractivity contribution is 5.75. The minimum Gasteiger partial charge on any atom is -0.370 e. The van der Waals surface area contributed by atoms with Crippen molar-refractivity contribution in [2.24, 2.45) is 5.73 Å². The summed E-state index contributed by atoms with van der Waals surface area (Å²) in [6.07, 6.45) is 2.98. The van der Waals surface area contributed by atoms with Crippen molar-refractivity contribution in [2.45, 2.75) is 32.2 Å². The quantitative estimate of drug-likeness (QED) is 0.757. The van der Waals surface area contributed by atoms with Gasteiger partial charge in [-0.2, -0.15) is 0 Å². The Morgan fingerprint density at radius 1 is 1.56 bits per heavy atom. The molecule has 4 nitrogen and oxygen atoms in total. The van der Waals surface area contributed by atoms with Crippen LogP contribution < -0.4 is 11.1 Å². The van der Waals surface area contributed by atoms with E-state index in [-0.39, 0.29) is 12.3 Å². The topological polar surface area (TPSA) is 68.0 Å². The predicted molar refractivity (Wildman–Crippen MR) is 63.7 cm³/mol. The lowest BCUT2D eigenvalue weighted by Gasteiger charge is -2.29. The maximum absolute atomic E-state index is 11.1. The minimum atomic E-state index is -0.469. The summed E-state index contributed by atoms with van der Waals surface area (Å²) >= 11 is 0. The number of pyridine rings is 1. The number of carbonyl (C=O) groups excluding carboxylic acids is 1. The van der Waals surface area contributed by atoms with E-state index in [9.17, 15) is 4.79 Å². The lowest BCUT2D eigenvalue weighted by molar-refractivity contribution is -0.119. The second kappa shape index (κ2) is 5.61. The van der Waals surface area contributed by atoms with E-state index in [0.29, 0.717) is 0 Å². The molecule has 16 heavy (non-hydrogen) atoms. The van der Waals surface area contributed by atoms with Gasteiger partial charge in [-0.25, -0.2) is 0 Å². The Balaban J connectivity index is 2.90. The third-order valence-electron chi connectivity index (χ3n) is 2.52. The highest BCUT2D eigenvalue weighted by Crippen LogP contribution is 2.22. The van der Waals surface area contributed by atoms with Crippen LogP contribution in [0.5, 0.6) is 0 Å². The van der Waals surface area contributed by atoms with Crippen molar-refractivity contribution in [3.05, 3.63) is 30.1 Å². The lowest BCUT2D eigenvalue weighted by atomic mass is 9.92. The largest absolute Gasteiger partial charge is 0.370 e. The molecule has 0 saturated carbocycles. The van der Waals surface area contributed by atoms with E-state index in [1.54, 1.807) is 6.20 Å². The number of hydrogen-bond donors (Lipinski definition) is 2. The zero-order chi connectivity index (χ0) is 12.0. The van der Waals surface area contributed by atoms with E-state index in [4.69, 9.17) is 5.73 Å². The van der Waals surface area contributed by atoms with Crippen LogP contribution in [-0.4, -0.2) is 17.4 Å². The molecule has 0 saturated heterocycles. The number of nitrogens with zero attached hydrogens (tertiary/aromatic N) is 1. The van der Waals surface area contributed by atoms with Crippen LogP contribution in [0.1, 0.15) is 32.4 Å². The Bertz CT molecular complexity index is 339. The van der Waals surface area contributed by atoms with Gasteiger partial charge in [-0.05, 0) is 32.0 Å². The van der Waals surface area contributed by atoms with Gasteiger partial charge in [0.1, 0.15) is 0 Å². The molecule has 4 heteroatoms. The van der Waals surface area contributed by atoms with Gasteiger partial charge >= 0.3 is 0 Å². The number of carbonyl (C=O) groups is 1. The van der Waals surface area contributed by atoms with Crippen LogP contribution in [0, 0.1) is 0 Å². The molecule has 0 fully saturated rings. The molecule has 0 aliphatic heterocycles. The summed E-state index contributed by atoms with van der Waals surface area (Å²) in [6, 6.07) is 5.68. The van der Waals surface area contributed by atoms with Crippen molar-refractivity contribution in [3.8, 4) is 0 Å². The van der Waals surface area contributed by atoms with E-state index < -0.39 is 5.54 Å². The maximum atomic E-state index is 11.1. The Hall–Kier alpha value is -1.42. The number of aromatic nitrogens is 1. The van der Waals surface area contributed by atoms with Gasteiger partial charge in [0.25, 0.3) is 0 Å². The summed E-state index contributed by atoms with van der Waals surface area (Å²) in [7, 11) is 0. The van der Waals surface area contributed by atoms with Gasteiger partial charge in [-0.15, -0.1) is 0 Å². The van der Waals surface area contributed by atoms with Gasteiger partial charge < -0.3 is 11.1 Å². The summed E-state index contributed by atoms with van der Waals surface area (Å²) < 4.78 is 0. The summed E-state index contributed by atoms with van der Waals surface area (Å²) in [5.41, 5.74) is 5.66. The fourth-order valence-electron chi connectivity index (χ4n) is 1.68. The predicted octanol–water partition coefficient (Wildman–Crippen LogP) is 1.17. The number of rotatable bonds is 6. The smallest absolute Gasteiger partial charge is 0.219 e. The molecule has 1 aromatic rings. The van der Waals surface area contributed by atoms with Gasteiger partial charge in [0.2, 0.25) is 5.91 Å². The van der Waals surface area contributed by atoms with Gasteiger partial charge in [0, 0.05) is 12.6 Å². The molecule has 1 unspecified atom stereocenters. The molecule has 1 amide bonds. The van der Waals surface area contributed by atoms with Crippen LogP contribution in [0.15, 0.2) is 24.4 Å². The molecule has 0 spiro atoms. The zero-order valence-corrected chi connectivity index (χ0v) is 9.86. The average Bonchev–Trinajstić information content (AvgIpc) is 2.27. The molecular formula is C12H19N3O. The molecule has 0 radical (unpaired) electrons. The van der Waals surface area contributed by atoms with Crippen LogP contribution in [0.2, 0.25) is 0 Å². The fraction of sp³-hybridized carbons (Fsp3) is 0.500. The van der Waals surface area contributed by atoms with E-state index in [1.165, 1.54) is 0 Å². The summed E-state index contributed by atoms with van der Waals surface area (Å²) in [5.74, 6) is -0.322. The van der Waals surface area contributed by atoms with Crippen LogP contribution in [0.3, 0.4) is 0 Å². The van der Waals surface area contributed by atoms with E-state index >= 15 is 0 Å². The van der Waals surface area contributed by atoms with Crippen molar-refractivity contribution < 1.29 is 4.79 Å². The highest BCUT2D eigenvalue weighted by atomic mass is 16.1. The van der Waals surface area contributed by atoms with E-state index in [0.717, 1.165) is 18.7 Å². The first-order chi connectivity index (χ1) is 7.58. The summed E-state index contributed by atoms with van der Waals surface area (Å²) in [6.45, 7) is 4.87. The minimum absolute atomic E-state index is 0.254. The third-order valence-corrected chi connectivity index (χ3v) is 2.52. The molecule has 0 aliphatic rings. The van der Waals surface area contributed by atoms with E-state index in [2.05, 4.69) is 17.2 Å². The van der Waals surface area contributed by atoms with Crippen molar-refractivity contribution in [1.82, 2.24) is 10.3 Å². The van der Waals surface area contributed by atoms with Crippen LogP contribution in [0.4, 0.5) is 0 Å². The summed E-state index contributed by atoms with van der Waals surface area (Å²) in [4.78, 5) is 15.4. The average molecular weight is 221 g/mol. The summed E-state index contributed by atoms with van der Waals surface area (Å²) in [5, 5.41) is 3.33. The van der Waals surface area contributed by atoms with Gasteiger partial charge in [0.15, 0.2) is 0 Å². The fourth-order valence-corrected chi connectivity index (χ4v) is 1.68. The van der Waals surface area contributed by atoms with Gasteiger partial charge in [-0.3, -0.25) is 9.78 Å². The molecule has 1 atom stereocenters. The Labute approximate surface area is 96.3 Å².